The number of ether oxygens (including phenoxy) is 1. The summed E-state index contributed by atoms with van der Waals surface area (Å²) in [5.74, 6) is -0.230. The summed E-state index contributed by atoms with van der Waals surface area (Å²) < 4.78 is 18.5. The predicted octanol–water partition coefficient (Wildman–Crippen LogP) is 1.16. The molecule has 1 aromatic rings. The second-order valence-electron chi connectivity index (χ2n) is 4.81. The predicted molar refractivity (Wildman–Crippen MR) is 71.8 cm³/mol. The normalized spacial score (nSPS) is 18.9. The number of nitrogens with zero attached hydrogens (tertiary/aromatic N) is 1. The van der Waals surface area contributed by atoms with Gasteiger partial charge in [-0.15, -0.1) is 0 Å². The van der Waals surface area contributed by atoms with Gasteiger partial charge in [-0.1, -0.05) is 6.07 Å². The van der Waals surface area contributed by atoms with Crippen molar-refractivity contribution in [3.8, 4) is 5.75 Å². The monoisotopic (exact) mass is 268 g/mol. The first kappa shape index (κ1) is 14.2. The van der Waals surface area contributed by atoms with E-state index in [2.05, 4.69) is 10.2 Å². The van der Waals surface area contributed by atoms with Crippen molar-refractivity contribution in [1.29, 1.82) is 0 Å². The molecule has 2 N–H and O–H groups in total. The van der Waals surface area contributed by atoms with Crippen LogP contribution in [0, 0.1) is 5.82 Å². The van der Waals surface area contributed by atoms with Gasteiger partial charge in [-0.05, 0) is 37.2 Å². The highest BCUT2D eigenvalue weighted by molar-refractivity contribution is 5.30. The number of hydrogen-bond donors (Lipinski definition) is 2. The van der Waals surface area contributed by atoms with Crippen LogP contribution >= 0.6 is 0 Å². The fourth-order valence-corrected chi connectivity index (χ4v) is 2.32. The topological polar surface area (TPSA) is 44.7 Å². The van der Waals surface area contributed by atoms with Gasteiger partial charge in [0.2, 0.25) is 0 Å². The number of nitrogens with one attached hydrogen (secondary N) is 1. The van der Waals surface area contributed by atoms with E-state index in [0.29, 0.717) is 12.1 Å². The summed E-state index contributed by atoms with van der Waals surface area (Å²) in [6, 6.07) is 4.61. The average molecular weight is 268 g/mol. The Hall–Kier alpha value is -1.17. The molecule has 1 heterocycles. The molecular formula is C14H21FN2O2. The zero-order valence-electron chi connectivity index (χ0n) is 11.2. The fraction of sp³-hybridized carbons (Fsp3) is 0.571. The van der Waals surface area contributed by atoms with Crippen LogP contribution in [0.2, 0.25) is 0 Å². The van der Waals surface area contributed by atoms with E-state index in [9.17, 15) is 9.50 Å². The smallest absolute Gasteiger partial charge is 0.165 e. The molecule has 1 aliphatic heterocycles. The van der Waals surface area contributed by atoms with E-state index >= 15 is 0 Å². The van der Waals surface area contributed by atoms with E-state index in [1.165, 1.54) is 13.2 Å². The Labute approximate surface area is 113 Å². The van der Waals surface area contributed by atoms with Crippen molar-refractivity contribution in [1.82, 2.24) is 10.2 Å². The largest absolute Gasteiger partial charge is 0.494 e. The van der Waals surface area contributed by atoms with Crippen molar-refractivity contribution in [3.63, 3.8) is 0 Å². The Morgan fingerprint density at radius 2 is 2.26 bits per heavy atom. The molecular weight excluding hydrogens is 247 g/mol. The van der Waals surface area contributed by atoms with Gasteiger partial charge in [-0.2, -0.15) is 0 Å². The van der Waals surface area contributed by atoms with Crippen LogP contribution < -0.4 is 10.1 Å². The average Bonchev–Trinajstić information content (AvgIpc) is 2.67. The van der Waals surface area contributed by atoms with E-state index in [1.54, 1.807) is 12.1 Å². The summed E-state index contributed by atoms with van der Waals surface area (Å²) in [7, 11) is 1.43. The number of aliphatic hydroxyl groups is 1. The number of β-amino-alcohol motifs (C(OH)–C–C–N with tert-alkyl or cyclic N) is 1. The Balaban J connectivity index is 1.98. The molecule has 0 aromatic heterocycles. The molecule has 19 heavy (non-hydrogen) atoms. The van der Waals surface area contributed by atoms with Crippen molar-refractivity contribution in [3.05, 3.63) is 29.6 Å². The number of aliphatic hydroxyl groups excluding tert-OH is 1. The highest BCUT2D eigenvalue weighted by Gasteiger charge is 2.16. The zero-order chi connectivity index (χ0) is 13.7. The minimum atomic E-state index is -0.668. The molecule has 106 valence electrons. The first-order chi connectivity index (χ1) is 9.20. The molecule has 5 heteroatoms. The second kappa shape index (κ2) is 6.84. The van der Waals surface area contributed by atoms with Gasteiger partial charge >= 0.3 is 0 Å². The molecule has 0 bridgehead atoms. The minimum Gasteiger partial charge on any atom is -0.494 e. The van der Waals surface area contributed by atoms with Gasteiger partial charge in [-0.25, -0.2) is 4.39 Å². The third-order valence-electron chi connectivity index (χ3n) is 3.42. The number of hydrogen-bond acceptors (Lipinski definition) is 4. The van der Waals surface area contributed by atoms with E-state index in [4.69, 9.17) is 4.74 Å². The third-order valence-corrected chi connectivity index (χ3v) is 3.42. The highest BCUT2D eigenvalue weighted by atomic mass is 19.1. The molecule has 0 aliphatic carbocycles. The molecule has 1 fully saturated rings. The molecule has 1 aromatic carbocycles. The molecule has 2 rings (SSSR count). The summed E-state index contributed by atoms with van der Waals surface area (Å²) in [6.07, 6.45) is 0.405. The lowest BCUT2D eigenvalue weighted by Gasteiger charge is -2.23. The van der Waals surface area contributed by atoms with Crippen LogP contribution in [0.15, 0.2) is 18.2 Å². The van der Waals surface area contributed by atoms with Crippen molar-refractivity contribution in [2.24, 2.45) is 0 Å². The van der Waals surface area contributed by atoms with Gasteiger partial charge in [-0.3, -0.25) is 4.90 Å². The highest BCUT2D eigenvalue weighted by Crippen LogP contribution is 2.22. The third kappa shape index (κ3) is 3.89. The lowest BCUT2D eigenvalue weighted by atomic mass is 10.1. The van der Waals surface area contributed by atoms with Gasteiger partial charge in [0, 0.05) is 19.6 Å². The Kier molecular flexibility index (Phi) is 5.13. The lowest BCUT2D eigenvalue weighted by molar-refractivity contribution is 0.116. The zero-order valence-corrected chi connectivity index (χ0v) is 11.2. The summed E-state index contributed by atoms with van der Waals surface area (Å²) in [5.41, 5.74) is 0.593. The summed E-state index contributed by atoms with van der Waals surface area (Å²) in [5, 5.41) is 13.5. The van der Waals surface area contributed by atoms with E-state index in [1.807, 2.05) is 0 Å². The van der Waals surface area contributed by atoms with Crippen molar-refractivity contribution >= 4 is 0 Å². The molecule has 1 aliphatic rings. The van der Waals surface area contributed by atoms with Gasteiger partial charge in [0.25, 0.3) is 0 Å². The summed E-state index contributed by atoms with van der Waals surface area (Å²) in [6.45, 7) is 4.36. The first-order valence-corrected chi connectivity index (χ1v) is 6.65. The van der Waals surface area contributed by atoms with Gasteiger partial charge < -0.3 is 15.2 Å². The van der Waals surface area contributed by atoms with Crippen LogP contribution in [-0.2, 0) is 0 Å². The maximum atomic E-state index is 13.6. The molecule has 1 saturated heterocycles. The van der Waals surface area contributed by atoms with Crippen LogP contribution in [0.5, 0.6) is 5.75 Å². The summed E-state index contributed by atoms with van der Waals surface area (Å²) >= 11 is 0. The molecule has 0 radical (unpaired) electrons. The van der Waals surface area contributed by atoms with Crippen molar-refractivity contribution in [2.45, 2.75) is 12.5 Å². The Bertz CT molecular complexity index is 406. The molecule has 0 amide bonds. The van der Waals surface area contributed by atoms with Gasteiger partial charge in [0.1, 0.15) is 0 Å². The van der Waals surface area contributed by atoms with Gasteiger partial charge in [0.15, 0.2) is 11.6 Å². The number of rotatable bonds is 4. The number of benzene rings is 1. The SMILES string of the molecule is COc1ccc(C(O)CN2CCCNCC2)cc1F. The van der Waals surface area contributed by atoms with E-state index in [-0.39, 0.29) is 5.75 Å². The first-order valence-electron chi connectivity index (χ1n) is 6.65. The van der Waals surface area contributed by atoms with Crippen LogP contribution in [0.25, 0.3) is 0 Å². The van der Waals surface area contributed by atoms with Crippen molar-refractivity contribution < 1.29 is 14.2 Å². The standard InChI is InChI=1S/C14H21FN2O2/c1-19-14-4-3-11(9-12(14)15)13(18)10-17-7-2-5-16-6-8-17/h3-4,9,13,16,18H,2,5-8,10H2,1H3. The molecule has 1 unspecified atom stereocenters. The number of methoxy groups -OCH3 is 1. The Morgan fingerprint density at radius 3 is 3.00 bits per heavy atom. The van der Waals surface area contributed by atoms with Crippen molar-refractivity contribution in [2.75, 3.05) is 39.8 Å². The quantitative estimate of drug-likeness (QED) is 0.860. The molecule has 1 atom stereocenters. The van der Waals surface area contributed by atoms with Crippen LogP contribution in [0.3, 0.4) is 0 Å². The maximum Gasteiger partial charge on any atom is 0.165 e. The van der Waals surface area contributed by atoms with Crippen LogP contribution in [0.4, 0.5) is 4.39 Å². The van der Waals surface area contributed by atoms with E-state index in [0.717, 1.165) is 32.6 Å². The Morgan fingerprint density at radius 1 is 1.42 bits per heavy atom. The van der Waals surface area contributed by atoms with E-state index < -0.39 is 11.9 Å². The van der Waals surface area contributed by atoms with Crippen LogP contribution in [0.1, 0.15) is 18.1 Å². The molecule has 0 saturated carbocycles. The molecule has 0 spiro atoms. The maximum absolute atomic E-state index is 13.6. The second-order valence-corrected chi connectivity index (χ2v) is 4.81. The number of halogens is 1. The fourth-order valence-electron chi connectivity index (χ4n) is 2.32. The summed E-state index contributed by atoms with van der Waals surface area (Å²) in [4.78, 5) is 2.20. The van der Waals surface area contributed by atoms with Gasteiger partial charge in [0.05, 0.1) is 13.2 Å². The molecule has 4 nitrogen and oxygen atoms in total. The minimum absolute atomic E-state index is 0.204. The lowest BCUT2D eigenvalue weighted by Crippen LogP contribution is -2.32. The van der Waals surface area contributed by atoms with Crippen LogP contribution in [-0.4, -0.2) is 49.8 Å².